The van der Waals surface area contributed by atoms with Crippen LogP contribution in [0.15, 0.2) is 0 Å². The fraction of sp³-hybridized carbons (Fsp3) is 1.00. The molecule has 0 bridgehead atoms. The molecule has 1 rings (SSSR count). The van der Waals surface area contributed by atoms with Gasteiger partial charge in [-0.25, -0.2) is 0 Å². The number of hydrogen-bond acceptors (Lipinski definition) is 2. The lowest BCUT2D eigenvalue weighted by atomic mass is 9.92. The van der Waals surface area contributed by atoms with E-state index in [1.165, 1.54) is 19.5 Å². The molecule has 1 N–H and O–H groups in total. The van der Waals surface area contributed by atoms with Crippen molar-refractivity contribution >= 4 is 0 Å². The second-order valence-electron chi connectivity index (χ2n) is 6.52. The lowest BCUT2D eigenvalue weighted by Crippen LogP contribution is -2.63. The summed E-state index contributed by atoms with van der Waals surface area (Å²) in [4.78, 5) is 2.70. The zero-order valence-corrected chi connectivity index (χ0v) is 12.0. The highest BCUT2D eigenvalue weighted by Gasteiger charge is 2.34. The highest BCUT2D eigenvalue weighted by molar-refractivity contribution is 4.93. The second kappa shape index (κ2) is 5.50. The molecule has 2 nitrogen and oxygen atoms in total. The molecule has 0 aromatic carbocycles. The van der Waals surface area contributed by atoms with Gasteiger partial charge in [-0.05, 0) is 25.7 Å². The molecule has 1 aliphatic rings. The van der Waals surface area contributed by atoms with E-state index in [4.69, 9.17) is 0 Å². The molecule has 2 atom stereocenters. The zero-order chi connectivity index (χ0) is 12.3. The van der Waals surface area contributed by atoms with Crippen LogP contribution < -0.4 is 5.32 Å². The Balaban J connectivity index is 2.64. The summed E-state index contributed by atoms with van der Waals surface area (Å²) in [5.41, 5.74) is 0.277. The molecule has 0 aliphatic carbocycles. The van der Waals surface area contributed by atoms with Crippen molar-refractivity contribution in [3.05, 3.63) is 0 Å². The molecule has 2 heteroatoms. The molecular formula is C14H30N2. The Bertz CT molecular complexity index is 211. The van der Waals surface area contributed by atoms with Gasteiger partial charge in [0.25, 0.3) is 0 Å². The third kappa shape index (κ3) is 3.74. The van der Waals surface area contributed by atoms with Gasteiger partial charge < -0.3 is 5.32 Å². The van der Waals surface area contributed by atoms with Gasteiger partial charge in [-0.15, -0.1) is 0 Å². The van der Waals surface area contributed by atoms with E-state index in [1.54, 1.807) is 0 Å². The van der Waals surface area contributed by atoms with E-state index in [0.717, 1.165) is 18.4 Å². The monoisotopic (exact) mass is 226 g/mol. The number of nitrogens with one attached hydrogen (secondary N) is 1. The van der Waals surface area contributed by atoms with Gasteiger partial charge in [-0.3, -0.25) is 4.90 Å². The van der Waals surface area contributed by atoms with E-state index < -0.39 is 0 Å². The van der Waals surface area contributed by atoms with Crippen molar-refractivity contribution in [3.63, 3.8) is 0 Å². The number of hydrogen-bond donors (Lipinski definition) is 1. The summed E-state index contributed by atoms with van der Waals surface area (Å²) in [5, 5.41) is 3.67. The first kappa shape index (κ1) is 14.0. The maximum absolute atomic E-state index is 3.67. The third-order valence-electron chi connectivity index (χ3n) is 3.87. The van der Waals surface area contributed by atoms with Crippen molar-refractivity contribution < 1.29 is 0 Å². The quantitative estimate of drug-likeness (QED) is 0.793. The first-order chi connectivity index (χ1) is 7.35. The number of rotatable bonds is 4. The molecule has 0 radical (unpaired) electrons. The summed E-state index contributed by atoms with van der Waals surface area (Å²) in [6.45, 7) is 17.5. The molecule has 1 saturated heterocycles. The Morgan fingerprint density at radius 2 is 1.94 bits per heavy atom. The van der Waals surface area contributed by atoms with Crippen LogP contribution in [0.25, 0.3) is 0 Å². The van der Waals surface area contributed by atoms with Gasteiger partial charge in [0.2, 0.25) is 0 Å². The van der Waals surface area contributed by atoms with E-state index in [0.29, 0.717) is 6.04 Å². The van der Waals surface area contributed by atoms with Crippen LogP contribution in [0, 0.1) is 11.8 Å². The topological polar surface area (TPSA) is 15.3 Å². The third-order valence-corrected chi connectivity index (χ3v) is 3.87. The molecule has 16 heavy (non-hydrogen) atoms. The minimum atomic E-state index is 0.277. The molecule has 0 aromatic rings. The van der Waals surface area contributed by atoms with Crippen LogP contribution in [-0.4, -0.2) is 36.1 Å². The number of piperazine rings is 1. The van der Waals surface area contributed by atoms with Gasteiger partial charge in [0, 0.05) is 31.2 Å². The van der Waals surface area contributed by atoms with E-state index in [-0.39, 0.29) is 5.54 Å². The van der Waals surface area contributed by atoms with Crippen molar-refractivity contribution in [1.29, 1.82) is 0 Å². The van der Waals surface area contributed by atoms with Crippen LogP contribution >= 0.6 is 0 Å². The van der Waals surface area contributed by atoms with Crippen LogP contribution in [0.5, 0.6) is 0 Å². The Morgan fingerprint density at radius 3 is 2.44 bits per heavy atom. The molecule has 96 valence electrons. The lowest BCUT2D eigenvalue weighted by Gasteiger charge is -2.47. The Labute approximate surface area is 102 Å². The summed E-state index contributed by atoms with van der Waals surface area (Å²) in [5.74, 6) is 1.56. The van der Waals surface area contributed by atoms with Gasteiger partial charge in [-0.2, -0.15) is 0 Å². The fourth-order valence-corrected chi connectivity index (χ4v) is 2.58. The first-order valence-corrected chi connectivity index (χ1v) is 6.84. The van der Waals surface area contributed by atoms with Crippen LogP contribution in [0.2, 0.25) is 0 Å². The molecule has 1 heterocycles. The maximum Gasteiger partial charge on any atom is 0.0252 e. The standard InChI is InChI=1S/C14H30N2/c1-7-12(4)9-16-10-14(5,6)15-8-13(16)11(2)3/h11-13,15H,7-10H2,1-6H3. The van der Waals surface area contributed by atoms with Crippen LogP contribution in [0.1, 0.15) is 48.0 Å². The summed E-state index contributed by atoms with van der Waals surface area (Å²) < 4.78 is 0. The van der Waals surface area contributed by atoms with Gasteiger partial charge in [0.15, 0.2) is 0 Å². The molecule has 2 unspecified atom stereocenters. The van der Waals surface area contributed by atoms with Crippen molar-refractivity contribution in [2.24, 2.45) is 11.8 Å². The maximum atomic E-state index is 3.67. The Kier molecular flexibility index (Phi) is 4.81. The molecule has 1 aliphatic heterocycles. The van der Waals surface area contributed by atoms with Gasteiger partial charge in [0.05, 0.1) is 0 Å². The molecule has 0 spiro atoms. The molecule has 0 amide bonds. The summed E-state index contributed by atoms with van der Waals surface area (Å²) in [6, 6.07) is 0.710. The van der Waals surface area contributed by atoms with Crippen molar-refractivity contribution in [1.82, 2.24) is 10.2 Å². The van der Waals surface area contributed by atoms with Gasteiger partial charge in [0.1, 0.15) is 0 Å². The average Bonchev–Trinajstić information content (AvgIpc) is 2.15. The van der Waals surface area contributed by atoms with E-state index in [1.807, 2.05) is 0 Å². The zero-order valence-electron chi connectivity index (χ0n) is 12.0. The smallest absolute Gasteiger partial charge is 0.0252 e. The molecular weight excluding hydrogens is 196 g/mol. The highest BCUT2D eigenvalue weighted by Crippen LogP contribution is 2.21. The fourth-order valence-electron chi connectivity index (χ4n) is 2.58. The lowest BCUT2D eigenvalue weighted by molar-refractivity contribution is 0.0569. The van der Waals surface area contributed by atoms with E-state index in [9.17, 15) is 0 Å². The van der Waals surface area contributed by atoms with Crippen molar-refractivity contribution in [3.8, 4) is 0 Å². The normalized spacial score (nSPS) is 28.3. The summed E-state index contributed by atoms with van der Waals surface area (Å²) in [6.07, 6.45) is 1.29. The van der Waals surface area contributed by atoms with Crippen LogP contribution in [0.3, 0.4) is 0 Å². The van der Waals surface area contributed by atoms with E-state index >= 15 is 0 Å². The second-order valence-corrected chi connectivity index (χ2v) is 6.52. The SMILES string of the molecule is CCC(C)CN1CC(C)(C)NCC1C(C)C. The first-order valence-electron chi connectivity index (χ1n) is 6.84. The van der Waals surface area contributed by atoms with Gasteiger partial charge in [-0.1, -0.05) is 34.1 Å². The minimum Gasteiger partial charge on any atom is -0.309 e. The minimum absolute atomic E-state index is 0.277. The highest BCUT2D eigenvalue weighted by atomic mass is 15.3. The molecule has 0 aromatic heterocycles. The predicted molar refractivity (Wildman–Crippen MR) is 71.7 cm³/mol. The largest absolute Gasteiger partial charge is 0.309 e. The van der Waals surface area contributed by atoms with Crippen molar-refractivity contribution in [2.45, 2.75) is 59.5 Å². The number of nitrogens with zero attached hydrogens (tertiary/aromatic N) is 1. The average molecular weight is 226 g/mol. The summed E-state index contributed by atoms with van der Waals surface area (Å²) >= 11 is 0. The van der Waals surface area contributed by atoms with Gasteiger partial charge >= 0.3 is 0 Å². The van der Waals surface area contributed by atoms with Crippen LogP contribution in [0.4, 0.5) is 0 Å². The van der Waals surface area contributed by atoms with Crippen molar-refractivity contribution in [2.75, 3.05) is 19.6 Å². The Hall–Kier alpha value is -0.0800. The summed E-state index contributed by atoms with van der Waals surface area (Å²) in [7, 11) is 0. The van der Waals surface area contributed by atoms with Crippen LogP contribution in [-0.2, 0) is 0 Å². The van der Waals surface area contributed by atoms with E-state index in [2.05, 4.69) is 51.8 Å². The predicted octanol–water partition coefficient (Wildman–Crippen LogP) is 2.74. The molecule has 1 fully saturated rings. The molecule has 0 saturated carbocycles. The Morgan fingerprint density at radius 1 is 1.31 bits per heavy atom.